The molecule has 0 N–H and O–H groups in total. The Labute approximate surface area is 155 Å². The smallest absolute Gasteiger partial charge is 0.303 e. The number of ether oxygens (including phenoxy) is 1. The molecule has 0 radical (unpaired) electrons. The van der Waals surface area contributed by atoms with Crippen LogP contribution in [0.1, 0.15) is 35.6 Å². The minimum absolute atomic E-state index is 0.00234. The fourth-order valence-corrected chi connectivity index (χ4v) is 3.94. The van der Waals surface area contributed by atoms with E-state index in [1.54, 1.807) is 0 Å². The second-order valence-corrected chi connectivity index (χ2v) is 7.15. The Morgan fingerprint density at radius 3 is 1.92 bits per heavy atom. The average Bonchev–Trinajstić information content (AvgIpc) is 2.95. The van der Waals surface area contributed by atoms with Crippen molar-refractivity contribution < 1.29 is 9.53 Å². The molecule has 0 spiro atoms. The SMILES string of the molecule is CC(=O)OC(c1ccc(Br)cc1)C1c2ccccc2-c2ccccc21. The zero-order valence-electron chi connectivity index (χ0n) is 13.8. The van der Waals surface area contributed by atoms with E-state index in [2.05, 4.69) is 52.3 Å². The maximum absolute atomic E-state index is 11.8. The standard InChI is InChI=1S/C22H17BrO2/c1-14(24)25-22(15-10-12-16(23)13-11-15)21-19-8-4-2-6-17(19)18-7-3-5-9-20(18)21/h2-13,21-22H,1H3. The van der Waals surface area contributed by atoms with Gasteiger partial charge in [0.05, 0.1) is 5.92 Å². The molecule has 3 heteroatoms. The molecule has 0 aromatic heterocycles. The van der Waals surface area contributed by atoms with Gasteiger partial charge in [-0.15, -0.1) is 0 Å². The number of rotatable bonds is 3. The molecule has 0 fully saturated rings. The van der Waals surface area contributed by atoms with Crippen LogP contribution in [0.4, 0.5) is 0 Å². The number of hydrogen-bond acceptors (Lipinski definition) is 2. The van der Waals surface area contributed by atoms with Crippen molar-refractivity contribution in [3.63, 3.8) is 0 Å². The van der Waals surface area contributed by atoms with Crippen molar-refractivity contribution in [2.24, 2.45) is 0 Å². The number of hydrogen-bond donors (Lipinski definition) is 0. The zero-order chi connectivity index (χ0) is 17.4. The highest BCUT2D eigenvalue weighted by molar-refractivity contribution is 9.10. The molecule has 1 atom stereocenters. The first kappa shape index (κ1) is 16.1. The zero-order valence-corrected chi connectivity index (χ0v) is 15.4. The van der Waals surface area contributed by atoms with Gasteiger partial charge in [-0.25, -0.2) is 0 Å². The monoisotopic (exact) mass is 392 g/mol. The summed E-state index contributed by atoms with van der Waals surface area (Å²) in [6, 6.07) is 24.7. The molecule has 1 unspecified atom stereocenters. The molecule has 124 valence electrons. The van der Waals surface area contributed by atoms with Crippen molar-refractivity contribution in [1.29, 1.82) is 0 Å². The molecule has 0 saturated carbocycles. The Morgan fingerprint density at radius 2 is 1.40 bits per heavy atom. The van der Waals surface area contributed by atoms with Crippen LogP contribution in [-0.4, -0.2) is 5.97 Å². The van der Waals surface area contributed by atoms with Gasteiger partial charge in [-0.3, -0.25) is 4.79 Å². The lowest BCUT2D eigenvalue weighted by molar-refractivity contribution is -0.147. The van der Waals surface area contributed by atoms with Crippen molar-refractivity contribution >= 4 is 21.9 Å². The molecule has 1 aliphatic rings. The molecule has 3 aromatic rings. The Kier molecular flexibility index (Phi) is 4.18. The quantitative estimate of drug-likeness (QED) is 0.521. The summed E-state index contributed by atoms with van der Waals surface area (Å²) in [6.07, 6.45) is -0.351. The first-order chi connectivity index (χ1) is 12.1. The van der Waals surface area contributed by atoms with Gasteiger partial charge in [0.2, 0.25) is 0 Å². The summed E-state index contributed by atoms with van der Waals surface area (Å²) in [5.41, 5.74) is 5.85. The van der Waals surface area contributed by atoms with Crippen LogP contribution in [0, 0.1) is 0 Å². The molecule has 3 aromatic carbocycles. The van der Waals surface area contributed by atoms with Crippen molar-refractivity contribution in [2.75, 3.05) is 0 Å². The lowest BCUT2D eigenvalue weighted by atomic mass is 9.87. The lowest BCUT2D eigenvalue weighted by Gasteiger charge is -2.26. The molecule has 0 heterocycles. The number of carbonyl (C=O) groups is 1. The first-order valence-corrected chi connectivity index (χ1v) is 9.05. The third-order valence-corrected chi connectivity index (χ3v) is 5.20. The summed E-state index contributed by atoms with van der Waals surface area (Å²) < 4.78 is 6.82. The third kappa shape index (κ3) is 2.89. The molecule has 25 heavy (non-hydrogen) atoms. The third-order valence-electron chi connectivity index (χ3n) is 4.68. The number of esters is 1. The van der Waals surface area contributed by atoms with Crippen molar-refractivity contribution in [2.45, 2.75) is 18.9 Å². The molecular formula is C22H17BrO2. The predicted octanol–water partition coefficient (Wildman–Crippen LogP) is 5.87. The summed E-state index contributed by atoms with van der Waals surface area (Å²) in [4.78, 5) is 11.8. The average molecular weight is 393 g/mol. The summed E-state index contributed by atoms with van der Waals surface area (Å²) in [5, 5.41) is 0. The van der Waals surface area contributed by atoms with Gasteiger partial charge in [-0.2, -0.15) is 0 Å². The fraction of sp³-hybridized carbons (Fsp3) is 0.136. The van der Waals surface area contributed by atoms with Crippen molar-refractivity contribution in [1.82, 2.24) is 0 Å². The highest BCUT2D eigenvalue weighted by Crippen LogP contribution is 2.51. The van der Waals surface area contributed by atoms with Gasteiger partial charge >= 0.3 is 5.97 Å². The molecule has 1 aliphatic carbocycles. The number of carbonyl (C=O) groups excluding carboxylic acids is 1. The van der Waals surface area contributed by atoms with Crippen LogP contribution in [0.15, 0.2) is 77.3 Å². The summed E-state index contributed by atoms with van der Waals surface area (Å²) in [7, 11) is 0. The van der Waals surface area contributed by atoms with Crippen LogP contribution in [0.3, 0.4) is 0 Å². The maximum atomic E-state index is 11.8. The highest BCUT2D eigenvalue weighted by Gasteiger charge is 2.36. The van der Waals surface area contributed by atoms with Crippen LogP contribution in [0.5, 0.6) is 0 Å². The van der Waals surface area contributed by atoms with E-state index in [-0.39, 0.29) is 18.0 Å². The van der Waals surface area contributed by atoms with Gasteiger partial charge in [0.1, 0.15) is 6.10 Å². The van der Waals surface area contributed by atoms with E-state index in [0.29, 0.717) is 0 Å². The number of fused-ring (bicyclic) bond motifs is 3. The van der Waals surface area contributed by atoms with E-state index in [1.165, 1.54) is 29.2 Å². The summed E-state index contributed by atoms with van der Waals surface area (Å²) in [5.74, 6) is -0.271. The van der Waals surface area contributed by atoms with E-state index < -0.39 is 0 Å². The van der Waals surface area contributed by atoms with Gasteiger partial charge in [0.15, 0.2) is 0 Å². The van der Waals surface area contributed by atoms with E-state index in [0.717, 1.165) is 10.0 Å². The molecule has 4 rings (SSSR count). The van der Waals surface area contributed by atoms with Crippen LogP contribution >= 0.6 is 15.9 Å². The molecule has 0 aliphatic heterocycles. The van der Waals surface area contributed by atoms with Crippen LogP contribution in [0.2, 0.25) is 0 Å². The topological polar surface area (TPSA) is 26.3 Å². The van der Waals surface area contributed by atoms with E-state index in [4.69, 9.17) is 4.74 Å². The van der Waals surface area contributed by atoms with Gasteiger partial charge < -0.3 is 4.74 Å². The Bertz CT molecular complexity index is 885. The normalized spacial score (nSPS) is 13.8. The molecule has 2 nitrogen and oxygen atoms in total. The molecule has 0 bridgehead atoms. The minimum Gasteiger partial charge on any atom is -0.457 e. The Hall–Kier alpha value is -2.39. The first-order valence-electron chi connectivity index (χ1n) is 8.26. The molecule has 0 saturated heterocycles. The summed E-state index contributed by atoms with van der Waals surface area (Å²) >= 11 is 3.47. The van der Waals surface area contributed by atoms with Crippen molar-refractivity contribution in [3.8, 4) is 11.1 Å². The van der Waals surface area contributed by atoms with Gasteiger partial charge in [0.25, 0.3) is 0 Å². The largest absolute Gasteiger partial charge is 0.457 e. The number of halogens is 1. The number of benzene rings is 3. The van der Waals surface area contributed by atoms with Crippen LogP contribution < -0.4 is 0 Å². The highest BCUT2D eigenvalue weighted by atomic mass is 79.9. The minimum atomic E-state index is -0.351. The van der Waals surface area contributed by atoms with E-state index >= 15 is 0 Å². The maximum Gasteiger partial charge on any atom is 0.303 e. The van der Waals surface area contributed by atoms with Gasteiger partial charge in [0, 0.05) is 11.4 Å². The Morgan fingerprint density at radius 1 is 0.880 bits per heavy atom. The van der Waals surface area contributed by atoms with Crippen LogP contribution in [-0.2, 0) is 9.53 Å². The second-order valence-electron chi connectivity index (χ2n) is 6.23. The van der Waals surface area contributed by atoms with Gasteiger partial charge in [-0.1, -0.05) is 76.6 Å². The second kappa shape index (κ2) is 6.49. The fourth-order valence-electron chi connectivity index (χ4n) is 3.68. The predicted molar refractivity (Wildman–Crippen MR) is 102 cm³/mol. The molecular weight excluding hydrogens is 376 g/mol. The Balaban J connectivity index is 1.89. The van der Waals surface area contributed by atoms with Crippen LogP contribution in [0.25, 0.3) is 11.1 Å². The molecule has 0 amide bonds. The van der Waals surface area contributed by atoms with E-state index in [1.807, 2.05) is 36.4 Å². The lowest BCUT2D eigenvalue weighted by Crippen LogP contribution is -2.17. The van der Waals surface area contributed by atoms with Gasteiger partial charge in [-0.05, 0) is 39.9 Å². The summed E-state index contributed by atoms with van der Waals surface area (Å²) in [6.45, 7) is 1.47. The van der Waals surface area contributed by atoms with E-state index in [9.17, 15) is 4.79 Å². The van der Waals surface area contributed by atoms with Crippen molar-refractivity contribution in [3.05, 3.63) is 94.0 Å².